The van der Waals surface area contributed by atoms with Gasteiger partial charge in [0, 0.05) is 12.2 Å². The van der Waals surface area contributed by atoms with E-state index < -0.39 is 0 Å². The van der Waals surface area contributed by atoms with E-state index in [9.17, 15) is 0 Å². The summed E-state index contributed by atoms with van der Waals surface area (Å²) in [4.78, 5) is 7.06. The molecule has 0 aromatic heterocycles. The molecule has 22 heavy (non-hydrogen) atoms. The highest BCUT2D eigenvalue weighted by Crippen LogP contribution is 2.37. The van der Waals surface area contributed by atoms with Crippen LogP contribution in [0.15, 0.2) is 28.9 Å². The standard InChI is InChI=1S/C18H30N4/c19-18(20)21-17-16(14-8-3-1-4-9-14)12-7-13-22(17)15-10-5-2-6-11-15/h7,12-15,17H,1-6,8-11H2,(H4,19,20,21). The summed E-state index contributed by atoms with van der Waals surface area (Å²) >= 11 is 0. The minimum atomic E-state index is 0.0289. The van der Waals surface area contributed by atoms with Gasteiger partial charge in [-0.05, 0) is 43.3 Å². The van der Waals surface area contributed by atoms with Crippen LogP contribution in [0, 0.1) is 5.92 Å². The molecule has 122 valence electrons. The minimum Gasteiger partial charge on any atom is -0.370 e. The largest absolute Gasteiger partial charge is 0.370 e. The van der Waals surface area contributed by atoms with Gasteiger partial charge < -0.3 is 16.4 Å². The van der Waals surface area contributed by atoms with E-state index in [1.165, 1.54) is 69.8 Å². The van der Waals surface area contributed by atoms with Crippen LogP contribution < -0.4 is 11.5 Å². The van der Waals surface area contributed by atoms with Crippen molar-refractivity contribution >= 4 is 5.96 Å². The summed E-state index contributed by atoms with van der Waals surface area (Å²) in [6.45, 7) is 0. The fraction of sp³-hybridized carbons (Fsp3) is 0.722. The van der Waals surface area contributed by atoms with E-state index in [1.807, 2.05) is 0 Å². The first-order valence-corrected chi connectivity index (χ1v) is 9.00. The van der Waals surface area contributed by atoms with Gasteiger partial charge in [0.15, 0.2) is 5.96 Å². The third-order valence-corrected chi connectivity index (χ3v) is 5.47. The molecule has 0 saturated heterocycles. The molecule has 0 spiro atoms. The number of nitrogens with zero attached hydrogens (tertiary/aromatic N) is 2. The molecular weight excluding hydrogens is 272 g/mol. The average molecular weight is 302 g/mol. The predicted molar refractivity (Wildman–Crippen MR) is 92.1 cm³/mol. The van der Waals surface area contributed by atoms with Gasteiger partial charge in [-0.25, -0.2) is 4.99 Å². The number of guanidine groups is 1. The maximum atomic E-state index is 5.76. The lowest BCUT2D eigenvalue weighted by Crippen LogP contribution is -2.44. The van der Waals surface area contributed by atoms with Crippen LogP contribution in [0.1, 0.15) is 64.2 Å². The van der Waals surface area contributed by atoms with Gasteiger partial charge in [-0.3, -0.25) is 0 Å². The van der Waals surface area contributed by atoms with E-state index in [2.05, 4.69) is 28.2 Å². The topological polar surface area (TPSA) is 67.6 Å². The summed E-state index contributed by atoms with van der Waals surface area (Å²) < 4.78 is 0. The third kappa shape index (κ3) is 3.47. The molecule has 0 aromatic rings. The molecule has 2 saturated carbocycles. The third-order valence-electron chi connectivity index (χ3n) is 5.47. The number of rotatable bonds is 3. The van der Waals surface area contributed by atoms with Crippen molar-refractivity contribution in [1.82, 2.24) is 4.90 Å². The summed E-state index contributed by atoms with van der Waals surface area (Å²) in [5, 5.41) is 0. The highest BCUT2D eigenvalue weighted by Gasteiger charge is 2.32. The Hall–Kier alpha value is -1.45. The molecule has 4 N–H and O–H groups in total. The van der Waals surface area contributed by atoms with E-state index in [0.717, 1.165) is 0 Å². The lowest BCUT2D eigenvalue weighted by molar-refractivity contribution is 0.171. The molecule has 3 aliphatic rings. The number of hydrogen-bond acceptors (Lipinski definition) is 2. The van der Waals surface area contributed by atoms with E-state index in [-0.39, 0.29) is 12.1 Å². The van der Waals surface area contributed by atoms with Gasteiger partial charge in [0.25, 0.3) is 0 Å². The van der Waals surface area contributed by atoms with E-state index in [4.69, 9.17) is 11.5 Å². The number of nitrogens with two attached hydrogens (primary N) is 2. The van der Waals surface area contributed by atoms with Crippen LogP contribution in [0.3, 0.4) is 0 Å². The fourth-order valence-corrected chi connectivity index (χ4v) is 4.36. The molecule has 4 heteroatoms. The fourth-order valence-electron chi connectivity index (χ4n) is 4.36. The average Bonchev–Trinajstić information content (AvgIpc) is 2.56. The maximum absolute atomic E-state index is 5.76. The van der Waals surface area contributed by atoms with Crippen molar-refractivity contribution < 1.29 is 0 Å². The summed E-state index contributed by atoms with van der Waals surface area (Å²) in [5.74, 6) is 0.862. The van der Waals surface area contributed by atoms with Crippen LogP contribution in [0.2, 0.25) is 0 Å². The van der Waals surface area contributed by atoms with Crippen molar-refractivity contribution in [1.29, 1.82) is 0 Å². The van der Waals surface area contributed by atoms with Gasteiger partial charge in [0.05, 0.1) is 0 Å². The van der Waals surface area contributed by atoms with E-state index >= 15 is 0 Å². The van der Waals surface area contributed by atoms with Gasteiger partial charge >= 0.3 is 0 Å². The number of aliphatic imine (C=N–C) groups is 1. The van der Waals surface area contributed by atoms with Gasteiger partial charge in [0.1, 0.15) is 6.17 Å². The summed E-state index contributed by atoms with van der Waals surface area (Å²) in [5.41, 5.74) is 12.9. The maximum Gasteiger partial charge on any atom is 0.188 e. The Morgan fingerprint density at radius 2 is 1.59 bits per heavy atom. The molecule has 2 aliphatic carbocycles. The van der Waals surface area contributed by atoms with E-state index in [1.54, 1.807) is 0 Å². The van der Waals surface area contributed by atoms with Crippen molar-refractivity contribution in [2.75, 3.05) is 0 Å². The first-order chi connectivity index (χ1) is 10.8. The molecule has 0 bridgehead atoms. The van der Waals surface area contributed by atoms with Gasteiger partial charge in [0.2, 0.25) is 0 Å². The molecular formula is C18H30N4. The lowest BCUT2D eigenvalue weighted by Gasteiger charge is -2.42. The Morgan fingerprint density at radius 1 is 0.955 bits per heavy atom. The van der Waals surface area contributed by atoms with Crippen LogP contribution in [-0.2, 0) is 0 Å². The minimum absolute atomic E-state index is 0.0289. The first-order valence-electron chi connectivity index (χ1n) is 9.00. The van der Waals surface area contributed by atoms with E-state index in [0.29, 0.717) is 12.0 Å². The smallest absolute Gasteiger partial charge is 0.188 e. The van der Waals surface area contributed by atoms with Crippen LogP contribution in [-0.4, -0.2) is 23.1 Å². The van der Waals surface area contributed by atoms with Crippen molar-refractivity contribution in [3.63, 3.8) is 0 Å². The zero-order valence-electron chi connectivity index (χ0n) is 13.6. The Morgan fingerprint density at radius 3 is 2.23 bits per heavy atom. The second-order valence-corrected chi connectivity index (χ2v) is 7.01. The monoisotopic (exact) mass is 302 g/mol. The van der Waals surface area contributed by atoms with Crippen LogP contribution in [0.4, 0.5) is 0 Å². The molecule has 0 radical (unpaired) electrons. The SMILES string of the molecule is NC(N)=NC1C(C2CCCCC2)=CC=CN1C1CCCCC1. The van der Waals surface area contributed by atoms with Gasteiger partial charge in [-0.1, -0.05) is 44.6 Å². The molecule has 1 heterocycles. The number of hydrogen-bond donors (Lipinski definition) is 2. The van der Waals surface area contributed by atoms with Gasteiger partial charge in [-0.2, -0.15) is 0 Å². The normalized spacial score (nSPS) is 27.5. The lowest BCUT2D eigenvalue weighted by atomic mass is 9.81. The highest BCUT2D eigenvalue weighted by atomic mass is 15.3. The summed E-state index contributed by atoms with van der Waals surface area (Å²) in [7, 11) is 0. The molecule has 1 unspecified atom stereocenters. The van der Waals surface area contributed by atoms with Crippen LogP contribution >= 0.6 is 0 Å². The van der Waals surface area contributed by atoms with Gasteiger partial charge in [-0.15, -0.1) is 0 Å². The number of allylic oxidation sites excluding steroid dienone is 2. The molecule has 0 aromatic carbocycles. The zero-order valence-corrected chi connectivity index (χ0v) is 13.6. The highest BCUT2D eigenvalue weighted by molar-refractivity contribution is 5.76. The van der Waals surface area contributed by atoms with Crippen LogP contribution in [0.25, 0.3) is 0 Å². The van der Waals surface area contributed by atoms with Crippen molar-refractivity contribution in [2.45, 2.75) is 76.4 Å². The Bertz CT molecular complexity index is 450. The summed E-state index contributed by atoms with van der Waals surface area (Å²) in [6.07, 6.45) is 19.9. The van der Waals surface area contributed by atoms with Crippen molar-refractivity contribution in [3.05, 3.63) is 23.9 Å². The Balaban J connectivity index is 1.82. The second kappa shape index (κ2) is 7.21. The second-order valence-electron chi connectivity index (χ2n) is 7.01. The van der Waals surface area contributed by atoms with Crippen molar-refractivity contribution in [2.24, 2.45) is 22.4 Å². The quantitative estimate of drug-likeness (QED) is 0.621. The zero-order chi connectivity index (χ0) is 15.4. The molecule has 4 nitrogen and oxygen atoms in total. The Labute approximate surface area is 134 Å². The summed E-state index contributed by atoms with van der Waals surface area (Å²) in [6, 6.07) is 0.588. The molecule has 1 atom stereocenters. The Kier molecular flexibility index (Phi) is 5.06. The predicted octanol–water partition coefficient (Wildman–Crippen LogP) is 3.25. The molecule has 0 amide bonds. The molecule has 3 rings (SSSR count). The molecule has 2 fully saturated rings. The van der Waals surface area contributed by atoms with Crippen molar-refractivity contribution in [3.8, 4) is 0 Å². The molecule has 1 aliphatic heterocycles. The van der Waals surface area contributed by atoms with Crippen LogP contribution in [0.5, 0.6) is 0 Å². The first kappa shape index (κ1) is 15.4.